The minimum absolute atomic E-state index is 0.0446. The standard InChI is InChI=1S/C13H14N2O5/c1-13(2,3)20-12(18)15-11-14-8-6-7(10(16)17)4-5-9(8)19-11/h4-6H,1-3H3,(H,16,17)(H,14,15,18). The molecular formula is C13H14N2O5. The van der Waals surface area contributed by atoms with Crippen molar-refractivity contribution in [2.45, 2.75) is 26.4 Å². The number of rotatable bonds is 2. The maximum Gasteiger partial charge on any atom is 0.415 e. The zero-order valence-corrected chi connectivity index (χ0v) is 11.3. The zero-order valence-electron chi connectivity index (χ0n) is 11.3. The molecule has 0 spiro atoms. The highest BCUT2D eigenvalue weighted by molar-refractivity contribution is 5.92. The molecule has 1 aromatic heterocycles. The van der Waals surface area contributed by atoms with Crippen molar-refractivity contribution in [3.8, 4) is 0 Å². The third-order valence-electron chi connectivity index (χ3n) is 2.24. The summed E-state index contributed by atoms with van der Waals surface area (Å²) in [5.41, 5.74) is 0.179. The van der Waals surface area contributed by atoms with E-state index in [1.54, 1.807) is 20.8 Å². The number of oxazole rings is 1. The van der Waals surface area contributed by atoms with Gasteiger partial charge in [0.2, 0.25) is 0 Å². The predicted octanol–water partition coefficient (Wildman–Crippen LogP) is 2.87. The highest BCUT2D eigenvalue weighted by Gasteiger charge is 2.18. The van der Waals surface area contributed by atoms with Crippen molar-refractivity contribution in [2.75, 3.05) is 5.32 Å². The Morgan fingerprint density at radius 3 is 2.65 bits per heavy atom. The second-order valence-corrected chi connectivity index (χ2v) is 5.13. The van der Waals surface area contributed by atoms with E-state index in [2.05, 4.69) is 10.3 Å². The summed E-state index contributed by atoms with van der Waals surface area (Å²) in [6, 6.07) is 4.19. The molecule has 1 amide bonds. The summed E-state index contributed by atoms with van der Waals surface area (Å²) in [4.78, 5) is 26.4. The average Bonchev–Trinajstić information content (AvgIpc) is 2.66. The monoisotopic (exact) mass is 278 g/mol. The van der Waals surface area contributed by atoms with Gasteiger partial charge in [0.1, 0.15) is 11.1 Å². The number of hydrogen-bond acceptors (Lipinski definition) is 5. The van der Waals surface area contributed by atoms with Gasteiger partial charge in [-0.25, -0.2) is 14.9 Å². The number of aromatic carboxylic acids is 1. The van der Waals surface area contributed by atoms with Crippen molar-refractivity contribution in [3.63, 3.8) is 0 Å². The van der Waals surface area contributed by atoms with Gasteiger partial charge in [-0.3, -0.25) is 0 Å². The van der Waals surface area contributed by atoms with E-state index in [1.807, 2.05) is 0 Å². The van der Waals surface area contributed by atoms with E-state index in [9.17, 15) is 9.59 Å². The molecule has 2 rings (SSSR count). The van der Waals surface area contributed by atoms with Crippen LogP contribution in [0, 0.1) is 0 Å². The van der Waals surface area contributed by atoms with Crippen molar-refractivity contribution >= 4 is 29.2 Å². The lowest BCUT2D eigenvalue weighted by Gasteiger charge is -2.18. The molecule has 0 aliphatic rings. The van der Waals surface area contributed by atoms with E-state index in [4.69, 9.17) is 14.3 Å². The predicted molar refractivity (Wildman–Crippen MR) is 70.8 cm³/mol. The second-order valence-electron chi connectivity index (χ2n) is 5.13. The van der Waals surface area contributed by atoms with Gasteiger partial charge >= 0.3 is 18.1 Å². The number of benzene rings is 1. The molecule has 0 saturated heterocycles. The van der Waals surface area contributed by atoms with Crippen molar-refractivity contribution in [1.82, 2.24) is 4.98 Å². The third-order valence-corrected chi connectivity index (χ3v) is 2.24. The number of carbonyl (C=O) groups is 2. The smallest absolute Gasteiger partial charge is 0.415 e. The maximum absolute atomic E-state index is 11.6. The molecule has 7 nitrogen and oxygen atoms in total. The molecule has 0 atom stereocenters. The van der Waals surface area contributed by atoms with Crippen molar-refractivity contribution < 1.29 is 23.8 Å². The van der Waals surface area contributed by atoms with Crippen LogP contribution in [0.3, 0.4) is 0 Å². The Morgan fingerprint density at radius 1 is 1.35 bits per heavy atom. The molecule has 0 fully saturated rings. The third kappa shape index (κ3) is 3.25. The molecule has 7 heteroatoms. The fourth-order valence-corrected chi connectivity index (χ4v) is 1.50. The van der Waals surface area contributed by atoms with E-state index in [0.29, 0.717) is 11.1 Å². The van der Waals surface area contributed by atoms with Gasteiger partial charge in [0.05, 0.1) is 5.56 Å². The molecule has 0 radical (unpaired) electrons. The molecule has 0 bridgehead atoms. The van der Waals surface area contributed by atoms with Crippen LogP contribution in [0.25, 0.3) is 11.1 Å². The molecule has 20 heavy (non-hydrogen) atoms. The van der Waals surface area contributed by atoms with Gasteiger partial charge in [-0.05, 0) is 39.0 Å². The second kappa shape index (κ2) is 4.84. The van der Waals surface area contributed by atoms with Gasteiger partial charge in [0.15, 0.2) is 5.58 Å². The summed E-state index contributed by atoms with van der Waals surface area (Å²) in [6.07, 6.45) is -0.692. The molecular weight excluding hydrogens is 264 g/mol. The number of nitrogens with zero attached hydrogens (tertiary/aromatic N) is 1. The highest BCUT2D eigenvalue weighted by Crippen LogP contribution is 2.20. The first-order chi connectivity index (χ1) is 9.24. The number of aromatic nitrogens is 1. The van der Waals surface area contributed by atoms with Crippen LogP contribution in [0.4, 0.5) is 10.8 Å². The number of hydrogen-bond donors (Lipinski definition) is 2. The molecule has 2 N–H and O–H groups in total. The Labute approximate surface area is 114 Å². The van der Waals surface area contributed by atoms with Crippen LogP contribution in [0.1, 0.15) is 31.1 Å². The average molecular weight is 278 g/mol. The molecule has 106 valence electrons. The molecule has 0 saturated carbocycles. The molecule has 1 aromatic carbocycles. The molecule has 0 aliphatic heterocycles. The van der Waals surface area contributed by atoms with E-state index in [-0.39, 0.29) is 11.6 Å². The first kappa shape index (κ1) is 13.9. The number of nitrogens with one attached hydrogen (secondary N) is 1. The first-order valence-corrected chi connectivity index (χ1v) is 5.88. The minimum atomic E-state index is -1.06. The van der Waals surface area contributed by atoms with Crippen LogP contribution in [-0.2, 0) is 4.74 Å². The number of carboxylic acids is 1. The van der Waals surface area contributed by atoms with Gasteiger partial charge in [-0.15, -0.1) is 0 Å². The summed E-state index contributed by atoms with van der Waals surface area (Å²) in [6.45, 7) is 5.20. The van der Waals surface area contributed by atoms with Gasteiger partial charge in [-0.2, -0.15) is 4.98 Å². The van der Waals surface area contributed by atoms with E-state index in [0.717, 1.165) is 0 Å². The van der Waals surface area contributed by atoms with Crippen molar-refractivity contribution in [3.05, 3.63) is 23.8 Å². The summed E-state index contributed by atoms with van der Waals surface area (Å²) in [7, 11) is 0. The zero-order chi connectivity index (χ0) is 14.9. The summed E-state index contributed by atoms with van der Waals surface area (Å²) >= 11 is 0. The first-order valence-electron chi connectivity index (χ1n) is 5.88. The molecule has 1 heterocycles. The minimum Gasteiger partial charge on any atom is -0.478 e. The number of carbonyl (C=O) groups excluding carboxylic acids is 1. The summed E-state index contributed by atoms with van der Waals surface area (Å²) < 4.78 is 10.3. The van der Waals surface area contributed by atoms with Crippen molar-refractivity contribution in [1.29, 1.82) is 0 Å². The summed E-state index contributed by atoms with van der Waals surface area (Å²) in [5, 5.41) is 11.2. The van der Waals surface area contributed by atoms with E-state index >= 15 is 0 Å². The fraction of sp³-hybridized carbons (Fsp3) is 0.308. The van der Waals surface area contributed by atoms with Crippen LogP contribution < -0.4 is 5.32 Å². The van der Waals surface area contributed by atoms with E-state index < -0.39 is 17.7 Å². The van der Waals surface area contributed by atoms with E-state index in [1.165, 1.54) is 18.2 Å². The Hall–Kier alpha value is -2.57. The Balaban J connectivity index is 2.20. The lowest BCUT2D eigenvalue weighted by atomic mass is 10.2. The van der Waals surface area contributed by atoms with Crippen LogP contribution >= 0.6 is 0 Å². The molecule has 0 aliphatic carbocycles. The van der Waals surface area contributed by atoms with Crippen molar-refractivity contribution in [2.24, 2.45) is 0 Å². The maximum atomic E-state index is 11.6. The number of fused-ring (bicyclic) bond motifs is 1. The fourth-order valence-electron chi connectivity index (χ4n) is 1.50. The number of ether oxygens (including phenoxy) is 1. The van der Waals surface area contributed by atoms with Gasteiger partial charge in [-0.1, -0.05) is 0 Å². The number of amides is 1. The number of carboxylic acid groups (broad SMARTS) is 1. The Bertz CT molecular complexity index is 669. The Kier molecular flexibility index (Phi) is 3.35. The Morgan fingerprint density at radius 2 is 2.05 bits per heavy atom. The topological polar surface area (TPSA) is 102 Å². The largest absolute Gasteiger partial charge is 0.478 e. The van der Waals surface area contributed by atoms with Crippen LogP contribution in [0.5, 0.6) is 0 Å². The molecule has 0 unspecified atom stereocenters. The SMILES string of the molecule is CC(C)(C)OC(=O)Nc1nc2cc(C(=O)O)ccc2o1. The van der Waals surface area contributed by atoms with Gasteiger partial charge in [0, 0.05) is 0 Å². The quantitative estimate of drug-likeness (QED) is 0.875. The normalized spacial score (nSPS) is 11.3. The molecule has 2 aromatic rings. The van der Waals surface area contributed by atoms with Gasteiger partial charge < -0.3 is 14.3 Å². The number of anilines is 1. The van der Waals surface area contributed by atoms with Gasteiger partial charge in [0.25, 0.3) is 0 Å². The highest BCUT2D eigenvalue weighted by atomic mass is 16.6. The van der Waals surface area contributed by atoms with Crippen LogP contribution in [0.15, 0.2) is 22.6 Å². The lowest BCUT2D eigenvalue weighted by Crippen LogP contribution is -2.27. The lowest BCUT2D eigenvalue weighted by molar-refractivity contribution is 0.0630. The van der Waals surface area contributed by atoms with Crippen LogP contribution in [-0.4, -0.2) is 27.8 Å². The van der Waals surface area contributed by atoms with Crippen LogP contribution in [0.2, 0.25) is 0 Å². The summed E-state index contributed by atoms with van der Waals surface area (Å²) in [5.74, 6) is -1.06.